The summed E-state index contributed by atoms with van der Waals surface area (Å²) >= 11 is 1.60. The lowest BCUT2D eigenvalue weighted by molar-refractivity contribution is -0.149. The Balaban J connectivity index is 2.04. The second-order valence-corrected chi connectivity index (χ2v) is 5.26. The van der Waals surface area contributed by atoms with Crippen molar-refractivity contribution in [1.29, 1.82) is 0 Å². The summed E-state index contributed by atoms with van der Waals surface area (Å²) in [5.74, 6) is 0.416. The summed E-state index contributed by atoms with van der Waals surface area (Å²) in [6, 6.07) is -0.807. The van der Waals surface area contributed by atoms with Crippen LogP contribution in [0.4, 0.5) is 0 Å². The molecule has 2 fully saturated rings. The van der Waals surface area contributed by atoms with E-state index in [9.17, 15) is 9.59 Å². The molecule has 0 aliphatic carbocycles. The number of hydrogen-bond acceptors (Lipinski definition) is 4. The molecule has 0 radical (unpaired) electrons. The average Bonchev–Trinajstić information content (AvgIpc) is 2.81. The van der Waals surface area contributed by atoms with E-state index < -0.39 is 12.0 Å². The fourth-order valence-corrected chi connectivity index (χ4v) is 3.21. The van der Waals surface area contributed by atoms with Gasteiger partial charge in [-0.25, -0.2) is 4.79 Å². The summed E-state index contributed by atoms with van der Waals surface area (Å²) in [5.41, 5.74) is 0. The van der Waals surface area contributed by atoms with Crippen LogP contribution < -0.4 is 5.32 Å². The number of amides is 1. The molecule has 1 amide bonds. The van der Waals surface area contributed by atoms with Gasteiger partial charge in [0.15, 0.2) is 0 Å². The third-order valence-corrected chi connectivity index (χ3v) is 4.08. The first-order chi connectivity index (χ1) is 7.70. The maximum atomic E-state index is 12.1. The highest BCUT2D eigenvalue weighted by molar-refractivity contribution is 7.99. The standard InChI is InChI=1S/C10H16N2O3S/c13-9(7-2-1-3-11-7)12-4-5-16-6-8(12)10(14)15/h7-8,11H,1-6H2,(H,14,15)/t7-,8?/m0/s1. The summed E-state index contributed by atoms with van der Waals surface area (Å²) in [6.45, 7) is 1.41. The van der Waals surface area contributed by atoms with Gasteiger partial charge < -0.3 is 15.3 Å². The van der Waals surface area contributed by atoms with Crippen LogP contribution >= 0.6 is 11.8 Å². The van der Waals surface area contributed by atoms with Gasteiger partial charge in [0.25, 0.3) is 0 Å². The van der Waals surface area contributed by atoms with Crippen LogP contribution in [0.1, 0.15) is 12.8 Å². The molecule has 2 aliphatic rings. The summed E-state index contributed by atoms with van der Waals surface area (Å²) in [7, 11) is 0. The lowest BCUT2D eigenvalue weighted by atomic mass is 10.1. The van der Waals surface area contributed by atoms with E-state index in [1.165, 1.54) is 4.90 Å². The first kappa shape index (κ1) is 11.7. The Morgan fingerprint density at radius 3 is 2.88 bits per heavy atom. The Labute approximate surface area is 98.6 Å². The minimum absolute atomic E-state index is 0.0369. The Bertz CT molecular complexity index is 292. The zero-order valence-corrected chi connectivity index (χ0v) is 9.83. The SMILES string of the molecule is O=C(O)C1CSCCN1C(=O)[C@@H]1CCCN1. The molecule has 0 spiro atoms. The molecule has 16 heavy (non-hydrogen) atoms. The molecule has 0 aromatic carbocycles. The van der Waals surface area contributed by atoms with E-state index in [0.29, 0.717) is 12.3 Å². The van der Waals surface area contributed by atoms with Crippen molar-refractivity contribution in [3.8, 4) is 0 Å². The van der Waals surface area contributed by atoms with Gasteiger partial charge in [0.1, 0.15) is 6.04 Å². The number of nitrogens with zero attached hydrogens (tertiary/aromatic N) is 1. The van der Waals surface area contributed by atoms with Crippen molar-refractivity contribution in [2.24, 2.45) is 0 Å². The molecule has 2 rings (SSSR count). The van der Waals surface area contributed by atoms with E-state index in [2.05, 4.69) is 5.32 Å². The molecular formula is C10H16N2O3S. The number of hydrogen-bond donors (Lipinski definition) is 2. The summed E-state index contributed by atoms with van der Waals surface area (Å²) in [4.78, 5) is 24.7. The molecule has 1 unspecified atom stereocenters. The van der Waals surface area contributed by atoms with Crippen molar-refractivity contribution in [3.63, 3.8) is 0 Å². The highest BCUT2D eigenvalue weighted by atomic mass is 32.2. The highest BCUT2D eigenvalue weighted by Crippen LogP contribution is 2.19. The molecule has 2 atom stereocenters. The zero-order chi connectivity index (χ0) is 11.5. The lowest BCUT2D eigenvalue weighted by Gasteiger charge is -2.34. The van der Waals surface area contributed by atoms with Gasteiger partial charge in [-0.15, -0.1) is 0 Å². The molecule has 0 aromatic rings. The predicted octanol–water partition coefficient (Wildman–Crippen LogP) is -0.233. The van der Waals surface area contributed by atoms with Crippen molar-refractivity contribution in [1.82, 2.24) is 10.2 Å². The number of carboxylic acids is 1. The first-order valence-corrected chi connectivity index (χ1v) is 6.70. The van der Waals surface area contributed by atoms with Crippen molar-refractivity contribution in [2.75, 3.05) is 24.6 Å². The van der Waals surface area contributed by atoms with E-state index in [1.807, 2.05) is 0 Å². The first-order valence-electron chi connectivity index (χ1n) is 5.54. The van der Waals surface area contributed by atoms with Crippen molar-refractivity contribution < 1.29 is 14.7 Å². The summed E-state index contributed by atoms with van der Waals surface area (Å²) in [6.07, 6.45) is 1.82. The number of carbonyl (C=O) groups excluding carboxylic acids is 1. The zero-order valence-electron chi connectivity index (χ0n) is 9.02. The Morgan fingerprint density at radius 2 is 2.25 bits per heavy atom. The molecule has 0 aromatic heterocycles. The van der Waals surface area contributed by atoms with Gasteiger partial charge in [-0.3, -0.25) is 4.79 Å². The van der Waals surface area contributed by atoms with Crippen LogP contribution in [0.5, 0.6) is 0 Å². The molecule has 6 heteroatoms. The Kier molecular flexibility index (Phi) is 3.70. The van der Waals surface area contributed by atoms with Crippen molar-refractivity contribution in [2.45, 2.75) is 24.9 Å². The van der Waals surface area contributed by atoms with Crippen LogP contribution in [-0.2, 0) is 9.59 Å². The van der Waals surface area contributed by atoms with Crippen LogP contribution in [0, 0.1) is 0 Å². The number of rotatable bonds is 2. The van der Waals surface area contributed by atoms with Gasteiger partial charge in [0.05, 0.1) is 6.04 Å². The topological polar surface area (TPSA) is 69.6 Å². The number of nitrogens with one attached hydrogen (secondary N) is 1. The van der Waals surface area contributed by atoms with Crippen molar-refractivity contribution >= 4 is 23.6 Å². The fraction of sp³-hybridized carbons (Fsp3) is 0.800. The van der Waals surface area contributed by atoms with Gasteiger partial charge in [0.2, 0.25) is 5.91 Å². The molecule has 0 bridgehead atoms. The highest BCUT2D eigenvalue weighted by Gasteiger charge is 2.36. The van der Waals surface area contributed by atoms with E-state index in [4.69, 9.17) is 5.11 Å². The molecular weight excluding hydrogens is 228 g/mol. The maximum absolute atomic E-state index is 12.1. The number of carbonyl (C=O) groups is 2. The predicted molar refractivity (Wildman–Crippen MR) is 61.5 cm³/mol. The molecule has 2 heterocycles. The van der Waals surface area contributed by atoms with Gasteiger partial charge in [0, 0.05) is 18.1 Å². The number of carboxylic acid groups (broad SMARTS) is 1. The summed E-state index contributed by atoms with van der Waals surface area (Å²) in [5, 5.41) is 12.2. The van der Waals surface area contributed by atoms with E-state index >= 15 is 0 Å². The van der Waals surface area contributed by atoms with Gasteiger partial charge in [-0.2, -0.15) is 11.8 Å². The molecule has 90 valence electrons. The smallest absolute Gasteiger partial charge is 0.327 e. The molecule has 2 N–H and O–H groups in total. The molecule has 2 saturated heterocycles. The largest absolute Gasteiger partial charge is 0.480 e. The second kappa shape index (κ2) is 5.05. The van der Waals surface area contributed by atoms with Crippen molar-refractivity contribution in [3.05, 3.63) is 0 Å². The average molecular weight is 244 g/mol. The van der Waals surface area contributed by atoms with Crippen LogP contribution in [0.25, 0.3) is 0 Å². The van der Waals surface area contributed by atoms with Gasteiger partial charge in [-0.1, -0.05) is 0 Å². The lowest BCUT2D eigenvalue weighted by Crippen LogP contribution is -2.55. The van der Waals surface area contributed by atoms with E-state index in [-0.39, 0.29) is 11.9 Å². The molecule has 0 saturated carbocycles. The molecule has 2 aliphatic heterocycles. The number of aliphatic carboxylic acids is 1. The molecule has 5 nitrogen and oxygen atoms in total. The quantitative estimate of drug-likeness (QED) is 0.702. The van der Waals surface area contributed by atoms with Crippen LogP contribution in [0.2, 0.25) is 0 Å². The van der Waals surface area contributed by atoms with E-state index in [0.717, 1.165) is 25.1 Å². The normalized spacial score (nSPS) is 30.4. The van der Waals surface area contributed by atoms with Gasteiger partial charge in [-0.05, 0) is 19.4 Å². The van der Waals surface area contributed by atoms with E-state index in [1.54, 1.807) is 11.8 Å². The maximum Gasteiger partial charge on any atom is 0.327 e. The van der Waals surface area contributed by atoms with Crippen LogP contribution in [-0.4, -0.2) is 58.6 Å². The third-order valence-electron chi connectivity index (χ3n) is 3.06. The van der Waals surface area contributed by atoms with Crippen LogP contribution in [0.3, 0.4) is 0 Å². The minimum Gasteiger partial charge on any atom is -0.480 e. The van der Waals surface area contributed by atoms with Gasteiger partial charge >= 0.3 is 5.97 Å². The Morgan fingerprint density at radius 1 is 1.44 bits per heavy atom. The Hall–Kier alpha value is -0.750. The fourth-order valence-electron chi connectivity index (χ4n) is 2.17. The number of thioether (sulfide) groups is 1. The monoisotopic (exact) mass is 244 g/mol. The minimum atomic E-state index is -0.890. The summed E-state index contributed by atoms with van der Waals surface area (Å²) < 4.78 is 0. The third kappa shape index (κ3) is 2.32. The van der Waals surface area contributed by atoms with Crippen LogP contribution in [0.15, 0.2) is 0 Å². The second-order valence-electron chi connectivity index (χ2n) is 4.11.